The number of carbonyl (C=O) groups excluding carboxylic acids is 1. The van der Waals surface area contributed by atoms with Gasteiger partial charge in [0.15, 0.2) is 0 Å². The van der Waals surface area contributed by atoms with Crippen molar-refractivity contribution in [1.82, 2.24) is 9.80 Å². The fourth-order valence-electron chi connectivity index (χ4n) is 3.61. The van der Waals surface area contributed by atoms with Gasteiger partial charge in [-0.1, -0.05) is 18.2 Å². The summed E-state index contributed by atoms with van der Waals surface area (Å²) in [5.41, 5.74) is 6.49. The van der Waals surface area contributed by atoms with E-state index in [4.69, 9.17) is 0 Å². The molecule has 2 aromatic rings. The molecule has 3 rings (SSSR count). The Labute approximate surface area is 168 Å². The fraction of sp³-hybridized carbons (Fsp3) is 0.435. The topological polar surface area (TPSA) is 55.8 Å². The van der Waals surface area contributed by atoms with Crippen LogP contribution in [-0.2, 0) is 11.3 Å². The molecule has 28 heavy (non-hydrogen) atoms. The normalized spacial score (nSPS) is 15.6. The number of anilines is 1. The average molecular weight is 382 g/mol. The molecule has 2 aromatic carbocycles. The Morgan fingerprint density at radius 2 is 1.61 bits per heavy atom. The van der Waals surface area contributed by atoms with Gasteiger partial charge in [-0.05, 0) is 62.1 Å². The van der Waals surface area contributed by atoms with Gasteiger partial charge >= 0.3 is 0 Å². The van der Waals surface area contributed by atoms with Crippen LogP contribution < -0.4 is 5.32 Å². The lowest BCUT2D eigenvalue weighted by Gasteiger charge is -2.34. The number of nitrogens with one attached hydrogen (secondary N) is 1. The Morgan fingerprint density at radius 1 is 0.964 bits per heavy atom. The molecule has 1 aliphatic heterocycles. The smallest absolute Gasteiger partial charge is 0.238 e. The highest BCUT2D eigenvalue weighted by molar-refractivity contribution is 5.93. The zero-order valence-electron chi connectivity index (χ0n) is 17.4. The number of aryl methyl sites for hydroxylation is 3. The van der Waals surface area contributed by atoms with Gasteiger partial charge in [-0.25, -0.2) is 0 Å². The quantitative estimate of drug-likeness (QED) is 0.834. The van der Waals surface area contributed by atoms with E-state index in [1.165, 1.54) is 11.1 Å². The van der Waals surface area contributed by atoms with E-state index in [-0.39, 0.29) is 5.91 Å². The molecule has 0 bridgehead atoms. The number of hydrogen-bond acceptors (Lipinski definition) is 4. The van der Waals surface area contributed by atoms with Gasteiger partial charge in [0.1, 0.15) is 5.75 Å². The highest BCUT2D eigenvalue weighted by Crippen LogP contribution is 2.24. The second kappa shape index (κ2) is 8.76. The summed E-state index contributed by atoms with van der Waals surface area (Å²) in [6.45, 7) is 12.8. The lowest BCUT2D eigenvalue weighted by atomic mass is 10.0. The minimum atomic E-state index is 0.0361. The van der Waals surface area contributed by atoms with Crippen LogP contribution in [0, 0.1) is 27.7 Å². The van der Waals surface area contributed by atoms with Crippen molar-refractivity contribution in [3.8, 4) is 5.75 Å². The minimum Gasteiger partial charge on any atom is -0.508 e. The molecule has 0 spiro atoms. The summed E-state index contributed by atoms with van der Waals surface area (Å²) in [4.78, 5) is 17.0. The Kier molecular flexibility index (Phi) is 6.37. The van der Waals surface area contributed by atoms with E-state index in [0.717, 1.165) is 55.1 Å². The van der Waals surface area contributed by atoms with Crippen LogP contribution in [0.3, 0.4) is 0 Å². The third-order valence-electron chi connectivity index (χ3n) is 5.80. The molecule has 0 aliphatic carbocycles. The van der Waals surface area contributed by atoms with Crippen molar-refractivity contribution in [2.45, 2.75) is 34.2 Å². The van der Waals surface area contributed by atoms with Gasteiger partial charge in [-0.15, -0.1) is 0 Å². The molecule has 1 fully saturated rings. The third kappa shape index (κ3) is 4.91. The number of hydrogen-bond donors (Lipinski definition) is 2. The lowest BCUT2D eigenvalue weighted by molar-refractivity contribution is -0.117. The molecule has 1 aliphatic rings. The minimum absolute atomic E-state index is 0.0361. The number of carbonyl (C=O) groups is 1. The monoisotopic (exact) mass is 381 g/mol. The number of aromatic hydroxyl groups is 1. The molecule has 2 N–H and O–H groups in total. The summed E-state index contributed by atoms with van der Waals surface area (Å²) in [5.74, 6) is 0.410. The van der Waals surface area contributed by atoms with E-state index in [2.05, 4.69) is 41.1 Å². The molecular formula is C23H31N3O2. The van der Waals surface area contributed by atoms with Crippen molar-refractivity contribution >= 4 is 11.6 Å². The first-order valence-corrected chi connectivity index (χ1v) is 9.93. The average Bonchev–Trinajstić information content (AvgIpc) is 2.65. The zero-order chi connectivity index (χ0) is 20.3. The summed E-state index contributed by atoms with van der Waals surface area (Å²) >= 11 is 0. The van der Waals surface area contributed by atoms with Gasteiger partial charge in [0.05, 0.1) is 6.54 Å². The van der Waals surface area contributed by atoms with Gasteiger partial charge < -0.3 is 10.4 Å². The van der Waals surface area contributed by atoms with Gasteiger partial charge in [0.2, 0.25) is 5.91 Å². The van der Waals surface area contributed by atoms with E-state index in [1.807, 2.05) is 32.0 Å². The highest BCUT2D eigenvalue weighted by Gasteiger charge is 2.20. The number of benzene rings is 2. The Bertz CT molecular complexity index is 855. The maximum Gasteiger partial charge on any atom is 0.238 e. The van der Waals surface area contributed by atoms with Crippen LogP contribution in [0.2, 0.25) is 0 Å². The number of phenolic OH excluding ortho intramolecular Hbond substituents is 1. The molecule has 0 saturated carbocycles. The van der Waals surface area contributed by atoms with Crippen LogP contribution in [0.15, 0.2) is 30.3 Å². The maximum absolute atomic E-state index is 12.4. The first kappa shape index (κ1) is 20.4. The summed E-state index contributed by atoms with van der Waals surface area (Å²) < 4.78 is 0. The molecule has 0 radical (unpaired) electrons. The van der Waals surface area contributed by atoms with Crippen molar-refractivity contribution in [1.29, 1.82) is 0 Å². The van der Waals surface area contributed by atoms with Crippen molar-refractivity contribution in [3.63, 3.8) is 0 Å². The first-order chi connectivity index (χ1) is 13.3. The first-order valence-electron chi connectivity index (χ1n) is 9.93. The number of piperazine rings is 1. The molecule has 5 nitrogen and oxygen atoms in total. The van der Waals surface area contributed by atoms with E-state index in [1.54, 1.807) is 0 Å². The fourth-order valence-corrected chi connectivity index (χ4v) is 3.61. The number of amides is 1. The summed E-state index contributed by atoms with van der Waals surface area (Å²) in [5, 5.41) is 13.3. The SMILES string of the molecule is Cc1cc(O)c(CN2CCN(CC(=O)Nc3cccc(C)c3C)CC2)cc1C. The standard InChI is InChI=1S/C23H31N3O2/c1-16-6-5-7-21(19(16)4)24-23(28)15-26-10-8-25(9-11-26)14-20-12-17(2)18(3)13-22(20)27/h5-7,12-13,27H,8-11,14-15H2,1-4H3,(H,24,28). The molecule has 5 heteroatoms. The van der Waals surface area contributed by atoms with Crippen molar-refractivity contribution in [2.24, 2.45) is 0 Å². The molecule has 0 unspecified atom stereocenters. The third-order valence-corrected chi connectivity index (χ3v) is 5.80. The molecule has 1 saturated heterocycles. The van der Waals surface area contributed by atoms with Gasteiger partial charge in [0, 0.05) is 44.0 Å². The van der Waals surface area contributed by atoms with Crippen LogP contribution in [0.4, 0.5) is 5.69 Å². The van der Waals surface area contributed by atoms with Crippen LogP contribution >= 0.6 is 0 Å². The van der Waals surface area contributed by atoms with Gasteiger partial charge in [-0.3, -0.25) is 14.6 Å². The molecule has 0 atom stereocenters. The van der Waals surface area contributed by atoms with Crippen LogP contribution in [0.5, 0.6) is 5.75 Å². The Balaban J connectivity index is 1.49. The summed E-state index contributed by atoms with van der Waals surface area (Å²) in [7, 11) is 0. The largest absolute Gasteiger partial charge is 0.508 e. The molecule has 1 amide bonds. The second-order valence-electron chi connectivity index (χ2n) is 7.91. The van der Waals surface area contributed by atoms with Crippen LogP contribution in [0.1, 0.15) is 27.8 Å². The van der Waals surface area contributed by atoms with Crippen LogP contribution in [0.25, 0.3) is 0 Å². The Hall–Kier alpha value is -2.37. The van der Waals surface area contributed by atoms with E-state index in [0.29, 0.717) is 12.3 Å². The molecule has 0 aromatic heterocycles. The van der Waals surface area contributed by atoms with Gasteiger partial charge in [-0.2, -0.15) is 0 Å². The second-order valence-corrected chi connectivity index (χ2v) is 7.91. The predicted molar refractivity (Wildman–Crippen MR) is 114 cm³/mol. The summed E-state index contributed by atoms with van der Waals surface area (Å²) in [6, 6.07) is 9.90. The summed E-state index contributed by atoms with van der Waals surface area (Å²) in [6.07, 6.45) is 0. The van der Waals surface area contributed by atoms with Crippen LogP contribution in [-0.4, -0.2) is 53.5 Å². The van der Waals surface area contributed by atoms with E-state index in [9.17, 15) is 9.90 Å². The van der Waals surface area contributed by atoms with Crippen molar-refractivity contribution < 1.29 is 9.90 Å². The maximum atomic E-state index is 12.4. The number of rotatable bonds is 5. The zero-order valence-corrected chi connectivity index (χ0v) is 17.4. The Morgan fingerprint density at radius 3 is 2.32 bits per heavy atom. The van der Waals surface area contributed by atoms with E-state index < -0.39 is 0 Å². The van der Waals surface area contributed by atoms with Crippen molar-refractivity contribution in [3.05, 3.63) is 58.1 Å². The lowest BCUT2D eigenvalue weighted by Crippen LogP contribution is -2.48. The number of phenols is 1. The predicted octanol–water partition coefficient (Wildman–Crippen LogP) is 3.38. The number of nitrogens with zero attached hydrogens (tertiary/aromatic N) is 2. The van der Waals surface area contributed by atoms with Crippen molar-refractivity contribution in [2.75, 3.05) is 38.0 Å². The van der Waals surface area contributed by atoms with E-state index >= 15 is 0 Å². The molecule has 150 valence electrons. The molecule has 1 heterocycles. The highest BCUT2D eigenvalue weighted by atomic mass is 16.3. The van der Waals surface area contributed by atoms with Gasteiger partial charge in [0.25, 0.3) is 0 Å². The molecular weight excluding hydrogens is 350 g/mol.